The largest absolute Gasteiger partial charge is 0.492 e. The van der Waals surface area contributed by atoms with Gasteiger partial charge in [-0.15, -0.1) is 0 Å². The van der Waals surface area contributed by atoms with Gasteiger partial charge in [-0.25, -0.2) is 0 Å². The third-order valence-corrected chi connectivity index (χ3v) is 6.25. The molecule has 1 aliphatic rings. The Morgan fingerprint density at radius 3 is 2.26 bits per heavy atom. The maximum atomic E-state index is 13.0. The Morgan fingerprint density at radius 2 is 1.59 bits per heavy atom. The van der Waals surface area contributed by atoms with E-state index in [2.05, 4.69) is 18.7 Å². The van der Waals surface area contributed by atoms with Crippen LogP contribution in [-0.2, 0) is 18.2 Å². The summed E-state index contributed by atoms with van der Waals surface area (Å²) in [5, 5.41) is 12.1. The van der Waals surface area contributed by atoms with Gasteiger partial charge in [0, 0.05) is 18.5 Å². The smallest absolute Gasteiger partial charge is 0.416 e. The SMILES string of the molecule is CCN(CC)CCOc1cccc2c1C(O)(Cc1ccc(C(F)(F)F)cc1)c1ccccc1O2. The second-order valence-corrected chi connectivity index (χ2v) is 8.33. The minimum Gasteiger partial charge on any atom is -0.492 e. The van der Waals surface area contributed by atoms with Crippen LogP contribution in [0.1, 0.15) is 36.1 Å². The number of aliphatic hydroxyl groups is 1. The van der Waals surface area contributed by atoms with Gasteiger partial charge in [-0.1, -0.05) is 50.2 Å². The fraction of sp³-hybridized carbons (Fsp3) is 0.333. The van der Waals surface area contributed by atoms with Gasteiger partial charge in [0.05, 0.1) is 11.1 Å². The highest BCUT2D eigenvalue weighted by Gasteiger charge is 2.43. The molecule has 3 aromatic carbocycles. The van der Waals surface area contributed by atoms with Crippen LogP contribution in [0.4, 0.5) is 13.2 Å². The number of fused-ring (bicyclic) bond motifs is 2. The van der Waals surface area contributed by atoms with E-state index in [1.807, 2.05) is 6.07 Å². The average molecular weight is 472 g/mol. The summed E-state index contributed by atoms with van der Waals surface area (Å²) in [5.74, 6) is 1.46. The van der Waals surface area contributed by atoms with E-state index >= 15 is 0 Å². The molecule has 1 atom stereocenters. The monoisotopic (exact) mass is 471 g/mol. The molecule has 4 nitrogen and oxygen atoms in total. The second kappa shape index (κ2) is 9.68. The summed E-state index contributed by atoms with van der Waals surface area (Å²) in [6, 6.07) is 17.4. The van der Waals surface area contributed by atoms with Gasteiger partial charge in [0.15, 0.2) is 0 Å². The standard InChI is InChI=1S/C27H28F3NO3/c1-3-31(4-2)16-17-33-23-10-7-11-24-25(23)26(32,21-8-5-6-9-22(21)34-24)18-19-12-14-20(15-13-19)27(28,29)30/h5-15,32H,3-4,16-18H2,1-2H3. The molecular weight excluding hydrogens is 443 g/mol. The van der Waals surface area contributed by atoms with Crippen LogP contribution in [0.3, 0.4) is 0 Å². The van der Waals surface area contributed by atoms with E-state index < -0.39 is 17.3 Å². The van der Waals surface area contributed by atoms with Crippen molar-refractivity contribution in [2.24, 2.45) is 0 Å². The van der Waals surface area contributed by atoms with E-state index in [0.717, 1.165) is 31.8 Å². The van der Waals surface area contributed by atoms with E-state index in [1.54, 1.807) is 36.4 Å². The van der Waals surface area contributed by atoms with Gasteiger partial charge in [-0.2, -0.15) is 13.2 Å². The quantitative estimate of drug-likeness (QED) is 0.437. The van der Waals surface area contributed by atoms with Crippen LogP contribution in [0.25, 0.3) is 0 Å². The Hall–Kier alpha value is -3.03. The Morgan fingerprint density at radius 1 is 0.912 bits per heavy atom. The molecule has 180 valence electrons. The van der Waals surface area contributed by atoms with Gasteiger partial charge >= 0.3 is 6.18 Å². The zero-order valence-electron chi connectivity index (χ0n) is 19.2. The van der Waals surface area contributed by atoms with Crippen LogP contribution >= 0.6 is 0 Å². The third kappa shape index (κ3) is 4.76. The molecule has 34 heavy (non-hydrogen) atoms. The van der Waals surface area contributed by atoms with Crippen molar-refractivity contribution >= 4 is 0 Å². The topological polar surface area (TPSA) is 41.9 Å². The van der Waals surface area contributed by atoms with Gasteiger partial charge in [0.25, 0.3) is 0 Å². The van der Waals surface area contributed by atoms with Crippen molar-refractivity contribution in [3.63, 3.8) is 0 Å². The lowest BCUT2D eigenvalue weighted by atomic mass is 9.78. The Balaban J connectivity index is 1.72. The molecule has 7 heteroatoms. The van der Waals surface area contributed by atoms with Crippen molar-refractivity contribution in [3.8, 4) is 17.2 Å². The van der Waals surface area contributed by atoms with Crippen LogP contribution in [0.15, 0.2) is 66.7 Å². The van der Waals surface area contributed by atoms with Crippen molar-refractivity contribution in [1.29, 1.82) is 0 Å². The second-order valence-electron chi connectivity index (χ2n) is 8.33. The number of benzene rings is 3. The molecule has 0 bridgehead atoms. The summed E-state index contributed by atoms with van der Waals surface area (Å²) in [7, 11) is 0. The summed E-state index contributed by atoms with van der Waals surface area (Å²) in [6.07, 6.45) is -4.35. The zero-order chi connectivity index (χ0) is 24.3. The molecule has 1 N–H and O–H groups in total. The first kappa shape index (κ1) is 24.1. The van der Waals surface area contributed by atoms with Gasteiger partial charge < -0.3 is 19.5 Å². The molecule has 0 fully saturated rings. The summed E-state index contributed by atoms with van der Waals surface area (Å²) in [5.41, 5.74) is -0.682. The van der Waals surface area contributed by atoms with Crippen LogP contribution in [0.5, 0.6) is 17.2 Å². The van der Waals surface area contributed by atoms with Crippen LogP contribution in [0, 0.1) is 0 Å². The summed E-state index contributed by atoms with van der Waals surface area (Å²) in [6.45, 7) is 7.13. The van der Waals surface area contributed by atoms with Crippen LogP contribution in [0.2, 0.25) is 0 Å². The fourth-order valence-electron chi connectivity index (χ4n) is 4.39. The molecule has 0 saturated heterocycles. The Kier molecular flexibility index (Phi) is 6.86. The minimum atomic E-state index is -4.42. The van der Waals surface area contributed by atoms with Crippen LogP contribution < -0.4 is 9.47 Å². The van der Waals surface area contributed by atoms with Crippen molar-refractivity contribution in [3.05, 3.63) is 89.0 Å². The lowest BCUT2D eigenvalue weighted by Crippen LogP contribution is -2.34. The molecule has 0 aromatic heterocycles. The normalized spacial score (nSPS) is 17.1. The molecule has 0 spiro atoms. The Labute approximate surface area is 197 Å². The first-order valence-corrected chi connectivity index (χ1v) is 11.4. The molecule has 1 heterocycles. The van der Waals surface area contributed by atoms with Crippen molar-refractivity contribution in [2.45, 2.75) is 32.0 Å². The van der Waals surface area contributed by atoms with Gasteiger partial charge in [-0.3, -0.25) is 0 Å². The summed E-state index contributed by atoms with van der Waals surface area (Å²) in [4.78, 5) is 2.23. The molecule has 1 unspecified atom stereocenters. The van der Waals surface area contributed by atoms with Gasteiger partial charge in [-0.05, 0) is 49.0 Å². The van der Waals surface area contributed by atoms with E-state index in [0.29, 0.717) is 40.5 Å². The number of alkyl halides is 3. The average Bonchev–Trinajstić information content (AvgIpc) is 2.82. The van der Waals surface area contributed by atoms with E-state index in [1.165, 1.54) is 12.1 Å². The maximum absolute atomic E-state index is 13.0. The highest BCUT2D eigenvalue weighted by molar-refractivity contribution is 5.61. The maximum Gasteiger partial charge on any atom is 0.416 e. The lowest BCUT2D eigenvalue weighted by molar-refractivity contribution is -0.137. The summed E-state index contributed by atoms with van der Waals surface area (Å²) >= 11 is 0. The zero-order valence-corrected chi connectivity index (χ0v) is 19.2. The minimum absolute atomic E-state index is 0.0644. The molecule has 4 rings (SSSR count). The predicted molar refractivity (Wildman–Crippen MR) is 124 cm³/mol. The molecular formula is C27H28F3NO3. The van der Waals surface area contributed by atoms with E-state index in [-0.39, 0.29) is 6.42 Å². The molecule has 0 saturated carbocycles. The van der Waals surface area contributed by atoms with Crippen LogP contribution in [-0.4, -0.2) is 36.2 Å². The lowest BCUT2D eigenvalue weighted by Gasteiger charge is -2.37. The number of nitrogens with zero attached hydrogens (tertiary/aromatic N) is 1. The molecule has 3 aromatic rings. The van der Waals surface area contributed by atoms with Crippen molar-refractivity contribution < 1.29 is 27.8 Å². The molecule has 0 amide bonds. The van der Waals surface area contributed by atoms with Crippen molar-refractivity contribution in [2.75, 3.05) is 26.2 Å². The number of hydrogen-bond donors (Lipinski definition) is 1. The van der Waals surface area contributed by atoms with Crippen molar-refractivity contribution in [1.82, 2.24) is 4.90 Å². The summed E-state index contributed by atoms with van der Waals surface area (Å²) < 4.78 is 51.3. The molecule has 1 aliphatic heterocycles. The molecule has 0 aliphatic carbocycles. The third-order valence-electron chi connectivity index (χ3n) is 6.25. The number of halogens is 3. The number of para-hydroxylation sites is 1. The Bertz CT molecular complexity index is 1130. The molecule has 0 radical (unpaired) electrons. The number of ether oxygens (including phenoxy) is 2. The first-order chi connectivity index (χ1) is 16.3. The van der Waals surface area contributed by atoms with Gasteiger partial charge in [0.1, 0.15) is 29.5 Å². The number of likely N-dealkylation sites (N-methyl/N-ethyl adjacent to an activating group) is 1. The highest BCUT2D eigenvalue weighted by Crippen LogP contribution is 2.51. The number of hydrogen-bond acceptors (Lipinski definition) is 4. The first-order valence-electron chi connectivity index (χ1n) is 11.4. The van der Waals surface area contributed by atoms with E-state index in [4.69, 9.17) is 9.47 Å². The predicted octanol–water partition coefficient (Wildman–Crippen LogP) is 6.01. The van der Waals surface area contributed by atoms with Gasteiger partial charge in [0.2, 0.25) is 0 Å². The van der Waals surface area contributed by atoms with E-state index in [9.17, 15) is 18.3 Å². The highest BCUT2D eigenvalue weighted by atomic mass is 19.4. The number of rotatable bonds is 8. The fourth-order valence-corrected chi connectivity index (χ4v) is 4.39.